The van der Waals surface area contributed by atoms with Gasteiger partial charge in [-0.1, -0.05) is 6.07 Å². The zero-order chi connectivity index (χ0) is 15.4. The maximum absolute atomic E-state index is 10.7. The van der Waals surface area contributed by atoms with Gasteiger partial charge >= 0.3 is 29.6 Å². The molecule has 0 unspecified atom stereocenters. The van der Waals surface area contributed by atoms with Gasteiger partial charge in [-0.15, -0.1) is 0 Å². The summed E-state index contributed by atoms with van der Waals surface area (Å²) in [6, 6.07) is 9.09. The maximum atomic E-state index is 10.7. The number of nitro benzene ring substituents is 1. The number of benzene rings is 2. The number of hydrogen-bond donors (Lipinski definition) is 1. The molecule has 0 aliphatic carbocycles. The third kappa shape index (κ3) is 4.35. The number of hydrogen-bond acceptors (Lipinski definition) is 7. The largest absolute Gasteiger partial charge is 1.00 e. The third-order valence-corrected chi connectivity index (χ3v) is 2.52. The summed E-state index contributed by atoms with van der Waals surface area (Å²) in [6.07, 6.45) is 0. The van der Waals surface area contributed by atoms with Crippen LogP contribution in [0.15, 0.2) is 52.7 Å². The molecule has 2 aromatic carbocycles. The summed E-state index contributed by atoms with van der Waals surface area (Å²) >= 11 is 0. The van der Waals surface area contributed by atoms with Crippen molar-refractivity contribution in [2.24, 2.45) is 10.2 Å². The van der Waals surface area contributed by atoms with Crippen LogP contribution >= 0.6 is 0 Å². The van der Waals surface area contributed by atoms with Crippen molar-refractivity contribution in [1.82, 2.24) is 0 Å². The molecular weight excluding hydrogens is 301 g/mol. The maximum Gasteiger partial charge on any atom is 1.00 e. The number of rotatable bonds is 4. The van der Waals surface area contributed by atoms with Crippen molar-refractivity contribution in [3.63, 3.8) is 0 Å². The van der Waals surface area contributed by atoms with Crippen molar-refractivity contribution in [2.75, 3.05) is 0 Å². The first-order valence-corrected chi connectivity index (χ1v) is 5.68. The van der Waals surface area contributed by atoms with Gasteiger partial charge in [0.2, 0.25) is 0 Å². The first kappa shape index (κ1) is 17.8. The molecule has 0 saturated heterocycles. The number of aromatic carboxylic acids is 1. The Balaban J connectivity index is 0.00000242. The van der Waals surface area contributed by atoms with E-state index in [2.05, 4.69) is 10.2 Å². The Morgan fingerprint density at radius 1 is 1.09 bits per heavy atom. The topological polar surface area (TPSA) is 128 Å². The molecule has 0 bridgehead atoms. The molecule has 0 radical (unpaired) electrons. The molecule has 0 atom stereocenters. The minimum atomic E-state index is -1.54. The Morgan fingerprint density at radius 3 is 2.32 bits per heavy atom. The predicted molar refractivity (Wildman–Crippen MR) is 69.7 cm³/mol. The van der Waals surface area contributed by atoms with E-state index in [4.69, 9.17) is 0 Å². The number of aromatic hydroxyl groups is 1. The number of carboxylic acid groups (broad SMARTS) is 1. The summed E-state index contributed by atoms with van der Waals surface area (Å²) in [5, 5.41) is 38.2. The second-order valence-corrected chi connectivity index (χ2v) is 3.97. The number of non-ortho nitro benzene ring substituents is 1. The van der Waals surface area contributed by atoms with Crippen LogP contribution in [0.1, 0.15) is 10.4 Å². The van der Waals surface area contributed by atoms with E-state index in [-0.39, 0.29) is 46.6 Å². The van der Waals surface area contributed by atoms with E-state index in [0.717, 1.165) is 12.1 Å². The molecule has 2 aromatic rings. The summed E-state index contributed by atoms with van der Waals surface area (Å²) in [7, 11) is 0. The van der Waals surface area contributed by atoms with Crippen molar-refractivity contribution in [3.8, 4) is 5.75 Å². The predicted octanol–water partition coefficient (Wildman–Crippen LogP) is -0.917. The first-order valence-electron chi connectivity index (χ1n) is 5.68. The van der Waals surface area contributed by atoms with E-state index >= 15 is 0 Å². The molecule has 106 valence electrons. The van der Waals surface area contributed by atoms with Gasteiger partial charge in [-0.25, -0.2) is 0 Å². The van der Waals surface area contributed by atoms with Gasteiger partial charge in [0, 0.05) is 17.7 Å². The standard InChI is InChI=1S/C13H9N3O5.Na/c17-12-5-4-9(7-11(12)13(18)19)15-14-8-2-1-3-10(6-8)16(20)21;/h1-7,17H,(H,18,19);/q;+1/p-1/b15-14+;. The van der Waals surface area contributed by atoms with Crippen LogP contribution in [0.5, 0.6) is 5.75 Å². The van der Waals surface area contributed by atoms with E-state index in [0.29, 0.717) is 0 Å². The second-order valence-electron chi connectivity index (χ2n) is 3.97. The zero-order valence-electron chi connectivity index (χ0n) is 11.5. The molecule has 0 aromatic heterocycles. The van der Waals surface area contributed by atoms with Crippen LogP contribution in [0.25, 0.3) is 0 Å². The minimum absolute atomic E-state index is 0. The van der Waals surface area contributed by atoms with E-state index in [1.54, 1.807) is 0 Å². The van der Waals surface area contributed by atoms with Crippen molar-refractivity contribution in [1.29, 1.82) is 0 Å². The van der Waals surface area contributed by atoms with Gasteiger partial charge < -0.3 is 15.0 Å². The van der Waals surface area contributed by atoms with E-state index in [9.17, 15) is 25.1 Å². The van der Waals surface area contributed by atoms with E-state index < -0.39 is 22.2 Å². The first-order chi connectivity index (χ1) is 9.97. The number of carbonyl (C=O) groups excluding carboxylic acids is 1. The molecule has 0 aliphatic rings. The van der Waals surface area contributed by atoms with E-state index in [1.807, 2.05) is 0 Å². The van der Waals surface area contributed by atoms with E-state index in [1.165, 1.54) is 30.3 Å². The molecule has 0 fully saturated rings. The number of carbonyl (C=O) groups is 1. The molecule has 0 spiro atoms. The normalized spacial score (nSPS) is 10.2. The van der Waals surface area contributed by atoms with Gasteiger partial charge in [-0.3, -0.25) is 10.1 Å². The third-order valence-electron chi connectivity index (χ3n) is 2.52. The molecule has 9 heteroatoms. The van der Waals surface area contributed by atoms with Gasteiger partial charge in [0.1, 0.15) is 5.75 Å². The number of phenols is 1. The molecular formula is C13H8N3NaO5. The van der Waals surface area contributed by atoms with Crippen LogP contribution < -0.4 is 34.7 Å². The average Bonchev–Trinajstić information content (AvgIpc) is 2.46. The SMILES string of the molecule is O=C([O-])c1cc(/N=N/c2cccc([N+](=O)[O-])c2)ccc1O.[Na+]. The van der Waals surface area contributed by atoms with Crippen LogP contribution in [-0.2, 0) is 0 Å². The fourth-order valence-corrected chi connectivity index (χ4v) is 1.53. The molecule has 0 aliphatic heterocycles. The molecule has 2 rings (SSSR count). The fourth-order valence-electron chi connectivity index (χ4n) is 1.53. The quantitative estimate of drug-likeness (QED) is 0.338. The Hall–Kier alpha value is -2.29. The molecule has 0 saturated carbocycles. The molecule has 8 nitrogen and oxygen atoms in total. The van der Waals surface area contributed by atoms with Gasteiger partial charge in [0.25, 0.3) is 5.69 Å². The van der Waals surface area contributed by atoms with Crippen molar-refractivity contribution < 1.29 is 49.5 Å². The molecule has 22 heavy (non-hydrogen) atoms. The van der Waals surface area contributed by atoms with Crippen LogP contribution in [0.2, 0.25) is 0 Å². The minimum Gasteiger partial charge on any atom is -0.545 e. The smallest absolute Gasteiger partial charge is 0.545 e. The Kier molecular flexibility index (Phi) is 6.17. The summed E-state index contributed by atoms with van der Waals surface area (Å²) in [6.45, 7) is 0. The van der Waals surface area contributed by atoms with Crippen LogP contribution in [-0.4, -0.2) is 16.0 Å². The monoisotopic (exact) mass is 309 g/mol. The van der Waals surface area contributed by atoms with Crippen LogP contribution in [0.4, 0.5) is 17.1 Å². The summed E-state index contributed by atoms with van der Waals surface area (Å²) in [4.78, 5) is 20.8. The molecule has 0 amide bonds. The van der Waals surface area contributed by atoms with Crippen LogP contribution in [0, 0.1) is 10.1 Å². The van der Waals surface area contributed by atoms with Gasteiger partial charge in [0.15, 0.2) is 0 Å². The second kappa shape index (κ2) is 7.64. The molecule has 0 heterocycles. The Labute approximate surface area is 146 Å². The number of azo groups is 1. The number of nitro groups is 1. The number of carboxylic acids is 1. The Morgan fingerprint density at radius 2 is 1.73 bits per heavy atom. The summed E-state index contributed by atoms with van der Waals surface area (Å²) in [5.74, 6) is -1.98. The summed E-state index contributed by atoms with van der Waals surface area (Å²) < 4.78 is 0. The average molecular weight is 309 g/mol. The van der Waals surface area contributed by atoms with Gasteiger partial charge in [-0.05, 0) is 24.3 Å². The van der Waals surface area contributed by atoms with Crippen LogP contribution in [0.3, 0.4) is 0 Å². The van der Waals surface area contributed by atoms with Crippen molar-refractivity contribution in [3.05, 3.63) is 58.1 Å². The zero-order valence-corrected chi connectivity index (χ0v) is 13.5. The number of nitrogens with zero attached hydrogens (tertiary/aromatic N) is 3. The molecule has 1 N–H and O–H groups in total. The fraction of sp³-hybridized carbons (Fsp3) is 0. The van der Waals surface area contributed by atoms with Gasteiger partial charge in [0.05, 0.1) is 22.3 Å². The van der Waals surface area contributed by atoms with Crippen molar-refractivity contribution in [2.45, 2.75) is 0 Å². The summed E-state index contributed by atoms with van der Waals surface area (Å²) in [5.41, 5.74) is -0.135. The Bertz CT molecular complexity index is 748. The van der Waals surface area contributed by atoms with Gasteiger partial charge in [-0.2, -0.15) is 10.2 Å². The van der Waals surface area contributed by atoms with Crippen molar-refractivity contribution >= 4 is 23.0 Å².